The molecule has 6 nitrogen and oxygen atoms in total. The highest BCUT2D eigenvalue weighted by molar-refractivity contribution is 5.93. The van der Waals surface area contributed by atoms with Crippen LogP contribution < -0.4 is 4.74 Å². The highest BCUT2D eigenvalue weighted by Gasteiger charge is 2.19. The Balaban J connectivity index is 1.60. The van der Waals surface area contributed by atoms with Crippen LogP contribution in [-0.2, 0) is 13.1 Å². The monoisotopic (exact) mass is 410 g/mol. The first-order valence-electron chi connectivity index (χ1n) is 10.1. The lowest BCUT2D eigenvalue weighted by Crippen LogP contribution is -2.27. The minimum Gasteiger partial charge on any atom is -0.478 e. The first-order chi connectivity index (χ1) is 15.1. The van der Waals surface area contributed by atoms with Gasteiger partial charge in [0, 0.05) is 25.4 Å². The quantitative estimate of drug-likeness (QED) is 0.543. The van der Waals surface area contributed by atoms with E-state index in [1.165, 1.54) is 5.56 Å². The lowest BCUT2D eigenvalue weighted by molar-refractivity contribution is 0.0778. The number of benzene rings is 2. The number of aromatic nitrogens is 1. The van der Waals surface area contributed by atoms with Crippen molar-refractivity contribution >= 4 is 17.8 Å². The second-order valence-electron chi connectivity index (χ2n) is 7.26. The van der Waals surface area contributed by atoms with E-state index in [4.69, 9.17) is 11.3 Å². The average molecular weight is 410 g/mol. The Kier molecular flexibility index (Phi) is 5.76. The molecule has 2 aromatic carbocycles. The number of ether oxygens (including phenoxy) is 1. The standard InChI is InChI=1S/C25H22N4O2/c1-4-31-24-21(17-7-6-10-20(13-17)26-2)11-12-23(28-24)25(30)29(3)16-19-9-5-8-18-14-27-15-22(18)19/h5-14H,4,15-16H2,1,3H3. The van der Waals surface area contributed by atoms with Gasteiger partial charge < -0.3 is 9.64 Å². The topological polar surface area (TPSA) is 59.2 Å². The van der Waals surface area contributed by atoms with Gasteiger partial charge in [-0.15, -0.1) is 0 Å². The molecule has 31 heavy (non-hydrogen) atoms. The molecule has 1 aliphatic heterocycles. The van der Waals surface area contributed by atoms with Crippen LogP contribution in [0.5, 0.6) is 5.88 Å². The Morgan fingerprint density at radius 2 is 2.03 bits per heavy atom. The Morgan fingerprint density at radius 3 is 2.84 bits per heavy atom. The molecule has 1 aromatic heterocycles. The van der Waals surface area contributed by atoms with E-state index < -0.39 is 0 Å². The molecule has 2 heterocycles. The first kappa shape index (κ1) is 20.3. The van der Waals surface area contributed by atoms with Crippen LogP contribution in [0.15, 0.2) is 59.6 Å². The second-order valence-corrected chi connectivity index (χ2v) is 7.26. The van der Waals surface area contributed by atoms with Crippen molar-refractivity contribution in [3.8, 4) is 17.0 Å². The van der Waals surface area contributed by atoms with Crippen molar-refractivity contribution in [1.29, 1.82) is 0 Å². The molecule has 0 saturated heterocycles. The van der Waals surface area contributed by atoms with Crippen molar-refractivity contribution in [2.24, 2.45) is 4.99 Å². The zero-order valence-corrected chi connectivity index (χ0v) is 17.5. The van der Waals surface area contributed by atoms with E-state index in [9.17, 15) is 4.79 Å². The van der Waals surface area contributed by atoms with Crippen LogP contribution in [-0.4, -0.2) is 35.7 Å². The maximum Gasteiger partial charge on any atom is 0.272 e. The van der Waals surface area contributed by atoms with Gasteiger partial charge in [0.1, 0.15) is 5.69 Å². The van der Waals surface area contributed by atoms with Crippen LogP contribution in [0.1, 0.15) is 34.1 Å². The largest absolute Gasteiger partial charge is 0.478 e. The Morgan fingerprint density at radius 1 is 1.19 bits per heavy atom. The predicted octanol–water partition coefficient (Wildman–Crippen LogP) is 4.90. The SMILES string of the molecule is [C-]#[N+]c1cccc(-c2ccc(C(=O)N(C)Cc3cccc4c3CN=C4)nc2OCC)c1. The summed E-state index contributed by atoms with van der Waals surface area (Å²) in [7, 11) is 1.77. The summed E-state index contributed by atoms with van der Waals surface area (Å²) >= 11 is 0. The highest BCUT2D eigenvalue weighted by atomic mass is 16.5. The van der Waals surface area contributed by atoms with Gasteiger partial charge in [-0.1, -0.05) is 36.4 Å². The van der Waals surface area contributed by atoms with Crippen molar-refractivity contribution in [2.75, 3.05) is 13.7 Å². The normalized spacial score (nSPS) is 11.6. The summed E-state index contributed by atoms with van der Waals surface area (Å²) in [6.07, 6.45) is 1.87. The number of carbonyl (C=O) groups excluding carboxylic acids is 1. The van der Waals surface area contributed by atoms with Gasteiger partial charge in [-0.3, -0.25) is 9.79 Å². The number of aliphatic imine (C=N–C) groups is 1. The third-order valence-corrected chi connectivity index (χ3v) is 5.19. The fraction of sp³-hybridized carbons (Fsp3) is 0.200. The maximum absolute atomic E-state index is 13.1. The van der Waals surface area contributed by atoms with Gasteiger partial charge in [-0.25, -0.2) is 9.83 Å². The summed E-state index contributed by atoms with van der Waals surface area (Å²) in [5, 5.41) is 0. The van der Waals surface area contributed by atoms with Gasteiger partial charge in [-0.05, 0) is 47.4 Å². The maximum atomic E-state index is 13.1. The van der Waals surface area contributed by atoms with Crippen molar-refractivity contribution in [1.82, 2.24) is 9.88 Å². The molecular formula is C25H22N4O2. The number of pyridine rings is 1. The minimum atomic E-state index is -0.182. The van der Waals surface area contributed by atoms with Gasteiger partial charge >= 0.3 is 0 Å². The van der Waals surface area contributed by atoms with E-state index in [1.807, 2.05) is 49.5 Å². The van der Waals surface area contributed by atoms with Gasteiger partial charge in [0.05, 0.1) is 19.7 Å². The molecule has 0 N–H and O–H groups in total. The fourth-order valence-electron chi connectivity index (χ4n) is 3.64. The van der Waals surface area contributed by atoms with Crippen LogP contribution in [0.3, 0.4) is 0 Å². The lowest BCUT2D eigenvalue weighted by atomic mass is 10.0. The molecule has 1 amide bonds. The number of carbonyl (C=O) groups is 1. The summed E-state index contributed by atoms with van der Waals surface area (Å²) in [6, 6.07) is 16.9. The number of hydrogen-bond acceptors (Lipinski definition) is 4. The summed E-state index contributed by atoms with van der Waals surface area (Å²) in [4.78, 5) is 27.1. The van der Waals surface area contributed by atoms with E-state index in [-0.39, 0.29) is 5.91 Å². The molecule has 3 aromatic rings. The zero-order chi connectivity index (χ0) is 21.8. The van der Waals surface area contributed by atoms with Crippen LogP contribution in [0.2, 0.25) is 0 Å². The molecule has 1 aliphatic rings. The Bertz CT molecular complexity index is 1210. The number of hydrogen-bond donors (Lipinski definition) is 0. The lowest BCUT2D eigenvalue weighted by Gasteiger charge is -2.19. The molecule has 0 radical (unpaired) electrons. The smallest absolute Gasteiger partial charge is 0.272 e. The van der Waals surface area contributed by atoms with Gasteiger partial charge in [-0.2, -0.15) is 0 Å². The summed E-state index contributed by atoms with van der Waals surface area (Å²) in [5.41, 5.74) is 5.81. The third kappa shape index (κ3) is 4.17. The van der Waals surface area contributed by atoms with Crippen LogP contribution >= 0.6 is 0 Å². The van der Waals surface area contributed by atoms with Crippen molar-refractivity contribution in [2.45, 2.75) is 20.0 Å². The first-order valence-corrected chi connectivity index (χ1v) is 10.1. The zero-order valence-electron chi connectivity index (χ0n) is 17.5. The molecule has 0 spiro atoms. The fourth-order valence-corrected chi connectivity index (χ4v) is 3.64. The Labute approximate surface area is 181 Å². The molecule has 0 aliphatic carbocycles. The third-order valence-electron chi connectivity index (χ3n) is 5.19. The summed E-state index contributed by atoms with van der Waals surface area (Å²) in [6.45, 7) is 10.7. The van der Waals surface area contributed by atoms with E-state index in [1.54, 1.807) is 30.1 Å². The van der Waals surface area contributed by atoms with Gasteiger partial charge in [0.25, 0.3) is 5.91 Å². The van der Waals surface area contributed by atoms with Gasteiger partial charge in [0.15, 0.2) is 5.69 Å². The average Bonchev–Trinajstić information content (AvgIpc) is 3.29. The number of fused-ring (bicyclic) bond motifs is 1. The minimum absolute atomic E-state index is 0.182. The molecule has 0 saturated carbocycles. The number of amides is 1. The van der Waals surface area contributed by atoms with Crippen LogP contribution in [0, 0.1) is 6.57 Å². The molecule has 0 atom stereocenters. The number of nitrogens with zero attached hydrogens (tertiary/aromatic N) is 4. The molecular weight excluding hydrogens is 388 g/mol. The van der Waals surface area contributed by atoms with E-state index >= 15 is 0 Å². The molecule has 154 valence electrons. The molecule has 4 rings (SSSR count). The molecule has 0 bridgehead atoms. The molecule has 6 heteroatoms. The number of rotatable bonds is 6. The molecule has 0 fully saturated rings. The summed E-state index contributed by atoms with van der Waals surface area (Å²) < 4.78 is 5.74. The van der Waals surface area contributed by atoms with E-state index in [0.29, 0.717) is 37.0 Å². The van der Waals surface area contributed by atoms with Crippen LogP contribution in [0.4, 0.5) is 5.69 Å². The van der Waals surface area contributed by atoms with Crippen molar-refractivity contribution in [3.63, 3.8) is 0 Å². The molecule has 0 unspecified atom stereocenters. The van der Waals surface area contributed by atoms with E-state index in [0.717, 1.165) is 22.3 Å². The Hall–Kier alpha value is -3.98. The van der Waals surface area contributed by atoms with Crippen molar-refractivity contribution < 1.29 is 9.53 Å². The van der Waals surface area contributed by atoms with Gasteiger partial charge in [0.2, 0.25) is 5.88 Å². The second kappa shape index (κ2) is 8.80. The predicted molar refractivity (Wildman–Crippen MR) is 121 cm³/mol. The van der Waals surface area contributed by atoms with Crippen molar-refractivity contribution in [3.05, 3.63) is 88.4 Å². The van der Waals surface area contributed by atoms with E-state index in [2.05, 4.69) is 14.8 Å². The summed E-state index contributed by atoms with van der Waals surface area (Å²) in [5.74, 6) is 0.205. The van der Waals surface area contributed by atoms with Crippen LogP contribution in [0.25, 0.3) is 16.0 Å². The highest BCUT2D eigenvalue weighted by Crippen LogP contribution is 2.31.